The summed E-state index contributed by atoms with van der Waals surface area (Å²) in [5.41, 5.74) is 1.10. The zero-order valence-electron chi connectivity index (χ0n) is 10.2. The first kappa shape index (κ1) is 11.7. The van der Waals surface area contributed by atoms with Crippen LogP contribution in [0.2, 0.25) is 0 Å². The van der Waals surface area contributed by atoms with Crippen LogP contribution in [0, 0.1) is 5.82 Å². The monoisotopic (exact) mass is 248 g/mol. The standard InChI is InChI=1S/C14H17FN2O/c15-10-6-4-9(5-7-10)12-8-13-11(16-12)2-1-3-14(18)17-13/h4-7,11-13,16H,1-3,8H2,(H,17,18)/t11?,12-,13?/m0/s1. The van der Waals surface area contributed by atoms with E-state index in [0.29, 0.717) is 12.5 Å². The molecule has 0 aromatic heterocycles. The predicted octanol–water partition coefficient (Wildman–Crippen LogP) is 1.90. The molecule has 2 aliphatic rings. The molecule has 0 saturated carbocycles. The number of carbonyl (C=O) groups is 1. The summed E-state index contributed by atoms with van der Waals surface area (Å²) in [6.07, 6.45) is 3.50. The van der Waals surface area contributed by atoms with E-state index < -0.39 is 0 Å². The zero-order valence-corrected chi connectivity index (χ0v) is 10.2. The van der Waals surface area contributed by atoms with Gasteiger partial charge in [0.1, 0.15) is 5.82 Å². The molecule has 4 heteroatoms. The molecule has 3 nitrogen and oxygen atoms in total. The van der Waals surface area contributed by atoms with Crippen molar-refractivity contribution in [1.29, 1.82) is 0 Å². The van der Waals surface area contributed by atoms with Gasteiger partial charge in [0.25, 0.3) is 0 Å². The fourth-order valence-corrected chi connectivity index (χ4v) is 2.99. The van der Waals surface area contributed by atoms with E-state index in [1.165, 1.54) is 12.1 Å². The normalized spacial score (nSPS) is 31.6. The Hall–Kier alpha value is -1.42. The lowest BCUT2D eigenvalue weighted by Gasteiger charge is -2.16. The highest BCUT2D eigenvalue weighted by Gasteiger charge is 2.36. The van der Waals surface area contributed by atoms with Crippen molar-refractivity contribution in [2.75, 3.05) is 0 Å². The molecule has 2 aliphatic heterocycles. The Kier molecular flexibility index (Phi) is 3.04. The van der Waals surface area contributed by atoms with Gasteiger partial charge in [-0.1, -0.05) is 12.1 Å². The highest BCUT2D eigenvalue weighted by Crippen LogP contribution is 2.30. The van der Waals surface area contributed by atoms with Crippen molar-refractivity contribution >= 4 is 5.91 Å². The van der Waals surface area contributed by atoms with Gasteiger partial charge in [0.15, 0.2) is 0 Å². The second kappa shape index (κ2) is 4.69. The van der Waals surface area contributed by atoms with Crippen molar-refractivity contribution < 1.29 is 9.18 Å². The van der Waals surface area contributed by atoms with E-state index in [2.05, 4.69) is 10.6 Å². The molecule has 2 heterocycles. The Morgan fingerprint density at radius 3 is 2.72 bits per heavy atom. The maximum Gasteiger partial charge on any atom is 0.220 e. The molecule has 1 aromatic carbocycles. The molecule has 0 spiro atoms. The lowest BCUT2D eigenvalue weighted by molar-refractivity contribution is -0.121. The fourth-order valence-electron chi connectivity index (χ4n) is 2.99. The minimum Gasteiger partial charge on any atom is -0.352 e. The number of benzene rings is 1. The second-order valence-electron chi connectivity index (χ2n) is 5.18. The predicted molar refractivity (Wildman–Crippen MR) is 66.5 cm³/mol. The first-order chi connectivity index (χ1) is 8.72. The maximum absolute atomic E-state index is 12.9. The summed E-state index contributed by atoms with van der Waals surface area (Å²) < 4.78 is 12.9. The Morgan fingerprint density at radius 2 is 1.94 bits per heavy atom. The summed E-state index contributed by atoms with van der Waals surface area (Å²) in [6, 6.07) is 7.41. The molecule has 1 amide bonds. The molecule has 18 heavy (non-hydrogen) atoms. The average Bonchev–Trinajstić information content (AvgIpc) is 2.65. The van der Waals surface area contributed by atoms with Crippen molar-refractivity contribution in [1.82, 2.24) is 10.6 Å². The molecule has 2 fully saturated rings. The molecule has 96 valence electrons. The number of amides is 1. The van der Waals surface area contributed by atoms with Crippen molar-refractivity contribution in [2.24, 2.45) is 0 Å². The van der Waals surface area contributed by atoms with Crippen LogP contribution in [0.15, 0.2) is 24.3 Å². The second-order valence-corrected chi connectivity index (χ2v) is 5.18. The van der Waals surface area contributed by atoms with E-state index in [0.717, 1.165) is 24.8 Å². The van der Waals surface area contributed by atoms with Gasteiger partial charge < -0.3 is 10.6 Å². The molecular formula is C14H17FN2O. The van der Waals surface area contributed by atoms with Crippen molar-refractivity contribution in [3.8, 4) is 0 Å². The topological polar surface area (TPSA) is 41.1 Å². The number of hydrogen-bond acceptors (Lipinski definition) is 2. The molecule has 0 bridgehead atoms. The highest BCUT2D eigenvalue weighted by molar-refractivity contribution is 5.76. The van der Waals surface area contributed by atoms with Gasteiger partial charge in [-0.25, -0.2) is 4.39 Å². The van der Waals surface area contributed by atoms with Gasteiger partial charge in [-0.2, -0.15) is 0 Å². The Morgan fingerprint density at radius 1 is 1.17 bits per heavy atom. The van der Waals surface area contributed by atoms with Crippen LogP contribution < -0.4 is 10.6 Å². The van der Waals surface area contributed by atoms with Gasteiger partial charge in [0, 0.05) is 24.5 Å². The third kappa shape index (κ3) is 2.25. The fraction of sp³-hybridized carbons (Fsp3) is 0.500. The van der Waals surface area contributed by atoms with Crippen molar-refractivity contribution in [2.45, 2.75) is 43.8 Å². The third-order valence-corrected chi connectivity index (χ3v) is 3.93. The van der Waals surface area contributed by atoms with Gasteiger partial charge in [0.05, 0.1) is 0 Å². The zero-order chi connectivity index (χ0) is 12.5. The quantitative estimate of drug-likeness (QED) is 0.797. The van der Waals surface area contributed by atoms with E-state index in [1.807, 2.05) is 12.1 Å². The van der Waals surface area contributed by atoms with Crippen LogP contribution in [0.3, 0.4) is 0 Å². The molecule has 3 atom stereocenters. The summed E-state index contributed by atoms with van der Waals surface area (Å²) in [6.45, 7) is 0. The number of carbonyl (C=O) groups excluding carboxylic acids is 1. The summed E-state index contributed by atoms with van der Waals surface area (Å²) >= 11 is 0. The van der Waals surface area contributed by atoms with Gasteiger partial charge in [-0.15, -0.1) is 0 Å². The molecule has 0 radical (unpaired) electrons. The van der Waals surface area contributed by atoms with Gasteiger partial charge >= 0.3 is 0 Å². The minimum atomic E-state index is -0.209. The Labute approximate surface area is 106 Å². The number of nitrogens with one attached hydrogen (secondary N) is 2. The Bertz CT molecular complexity index is 446. The van der Waals surface area contributed by atoms with Crippen LogP contribution in [0.5, 0.6) is 0 Å². The van der Waals surface area contributed by atoms with Crippen LogP contribution in [-0.2, 0) is 4.79 Å². The first-order valence-electron chi connectivity index (χ1n) is 6.53. The van der Waals surface area contributed by atoms with Crippen LogP contribution in [-0.4, -0.2) is 18.0 Å². The van der Waals surface area contributed by atoms with E-state index in [4.69, 9.17) is 0 Å². The smallest absolute Gasteiger partial charge is 0.220 e. The lowest BCUT2D eigenvalue weighted by atomic mass is 10.0. The van der Waals surface area contributed by atoms with Crippen LogP contribution in [0.25, 0.3) is 0 Å². The molecule has 3 rings (SSSR count). The minimum absolute atomic E-state index is 0.157. The van der Waals surface area contributed by atoms with Crippen LogP contribution in [0.1, 0.15) is 37.3 Å². The largest absolute Gasteiger partial charge is 0.352 e. The average molecular weight is 248 g/mol. The number of rotatable bonds is 1. The highest BCUT2D eigenvalue weighted by atomic mass is 19.1. The van der Waals surface area contributed by atoms with Crippen molar-refractivity contribution in [3.63, 3.8) is 0 Å². The van der Waals surface area contributed by atoms with Crippen LogP contribution >= 0.6 is 0 Å². The molecule has 1 aromatic rings. The van der Waals surface area contributed by atoms with Gasteiger partial charge in [-0.05, 0) is 37.0 Å². The number of halogens is 1. The number of fused-ring (bicyclic) bond motifs is 1. The third-order valence-electron chi connectivity index (χ3n) is 3.93. The molecular weight excluding hydrogens is 231 g/mol. The summed E-state index contributed by atoms with van der Waals surface area (Å²) in [7, 11) is 0. The van der Waals surface area contributed by atoms with E-state index >= 15 is 0 Å². The van der Waals surface area contributed by atoms with Gasteiger partial charge in [0.2, 0.25) is 5.91 Å². The Balaban J connectivity index is 1.74. The SMILES string of the molecule is O=C1CCCC2N[C@H](c3ccc(F)cc3)CC2N1. The van der Waals surface area contributed by atoms with E-state index in [1.54, 1.807) is 0 Å². The number of hydrogen-bond donors (Lipinski definition) is 2. The summed E-state index contributed by atoms with van der Waals surface area (Å²) in [5, 5.41) is 6.63. The molecule has 0 aliphatic carbocycles. The van der Waals surface area contributed by atoms with Gasteiger partial charge in [-0.3, -0.25) is 4.79 Å². The van der Waals surface area contributed by atoms with Crippen LogP contribution in [0.4, 0.5) is 4.39 Å². The molecule has 2 saturated heterocycles. The maximum atomic E-state index is 12.9. The van der Waals surface area contributed by atoms with E-state index in [-0.39, 0.29) is 23.8 Å². The van der Waals surface area contributed by atoms with Crippen molar-refractivity contribution in [3.05, 3.63) is 35.6 Å². The first-order valence-corrected chi connectivity index (χ1v) is 6.53. The summed E-state index contributed by atoms with van der Waals surface area (Å²) in [5.74, 6) is -0.0525. The summed E-state index contributed by atoms with van der Waals surface area (Å²) in [4.78, 5) is 11.5. The molecule has 2 N–H and O–H groups in total. The lowest BCUT2D eigenvalue weighted by Crippen LogP contribution is -2.40. The van der Waals surface area contributed by atoms with E-state index in [9.17, 15) is 9.18 Å². The molecule has 2 unspecified atom stereocenters.